The van der Waals surface area contributed by atoms with Crippen molar-refractivity contribution in [2.75, 3.05) is 0 Å². The van der Waals surface area contributed by atoms with E-state index in [1.807, 2.05) is 0 Å². The molecule has 0 radical (unpaired) electrons. The van der Waals surface area contributed by atoms with Crippen molar-refractivity contribution < 1.29 is 0 Å². The summed E-state index contributed by atoms with van der Waals surface area (Å²) in [6.45, 7) is 0. The molecule has 0 saturated heterocycles. The van der Waals surface area contributed by atoms with Gasteiger partial charge in [-0.15, -0.1) is 0 Å². The minimum Gasteiger partial charge on any atom is -0.0461 e. The van der Waals surface area contributed by atoms with E-state index in [2.05, 4.69) is 0 Å². The second-order valence-corrected chi connectivity index (χ2v) is 66.2. The van der Waals surface area contributed by atoms with Crippen molar-refractivity contribution in [3.05, 3.63) is 0 Å². The minimum absolute atomic E-state index is 1.07. The predicted octanol–water partition coefficient (Wildman–Crippen LogP) is 9.92. The third kappa shape index (κ3) is 1.15. The Labute approximate surface area is 602 Å². The molecular formula is C105H76. The molecule has 0 aromatic rings. The summed E-state index contributed by atoms with van der Waals surface area (Å²) in [6, 6.07) is 0. The lowest BCUT2D eigenvalue weighted by molar-refractivity contribution is -0.971. The Morgan fingerprint density at radius 3 is 0.248 bits per heavy atom. The van der Waals surface area contributed by atoms with Gasteiger partial charge in [0.25, 0.3) is 0 Å². The first kappa shape index (κ1) is 38.4. The summed E-state index contributed by atoms with van der Waals surface area (Å²) in [6.07, 6.45) is 7.12. The van der Waals surface area contributed by atoms with Crippen molar-refractivity contribution in [1.82, 2.24) is 0 Å². The molecule has 105 heavy (non-hydrogen) atoms. The van der Waals surface area contributed by atoms with Crippen molar-refractivity contribution in [2.24, 2.45) is 581 Å². The van der Waals surface area contributed by atoms with Crippen molar-refractivity contribution in [3.63, 3.8) is 0 Å². The van der Waals surface area contributed by atoms with Crippen molar-refractivity contribution in [3.8, 4) is 0 Å². The van der Waals surface area contributed by atoms with Crippen LogP contribution in [0, 0.1) is 581 Å². The van der Waals surface area contributed by atoms with E-state index < -0.39 is 0 Å². The van der Waals surface area contributed by atoms with Gasteiger partial charge in [0, 0.05) is 0 Å². The Balaban J connectivity index is 0.341. The van der Waals surface area contributed by atoms with E-state index in [0.29, 0.717) is 0 Å². The Hall–Kier alpha value is 0. The second-order valence-electron chi connectivity index (χ2n) is 66.2. The van der Waals surface area contributed by atoms with Crippen molar-refractivity contribution in [2.45, 2.75) is 25.7 Å². The van der Waals surface area contributed by atoms with Gasteiger partial charge in [-0.2, -0.15) is 0 Å². The number of rotatable bonds is 0. The summed E-state index contributed by atoms with van der Waals surface area (Å²) in [5.41, 5.74) is 36.0. The maximum atomic E-state index is 1.78. The van der Waals surface area contributed by atoms with Crippen LogP contribution in [0.5, 0.6) is 0 Å². The molecular weight excluding hydrogens is 1260 g/mol. The van der Waals surface area contributed by atoms with Crippen LogP contribution < -0.4 is 0 Å². The van der Waals surface area contributed by atoms with Gasteiger partial charge >= 0.3 is 0 Å². The number of fused-ring (bicyclic) bond motifs is 64. The van der Waals surface area contributed by atoms with Gasteiger partial charge in [0.1, 0.15) is 0 Å². The standard InChI is InChI=1S/C105H76/c1-5-2-8-12-16-20-24-28-32-36-40-44-48-52-56-60-64-68-72-70-66-62-58-54-50-46-42-38-34-30-26-22-18-14-10-4-6-3-9-13-17-21-25-29-33-37-41-45-49-53-57-61-65-69-71-67-63-59-55-51-47-43-39-35-31-27-23-19-15-11-7(1)73(5,8)75(11,12)77(15,16)79(19,20)81(23,24)83(27,28)85(31,32)87(35,36)89(39,40)91(43,44)93(47,48)95(51,52)97(55,56)99(59,60)101(63,64)103(67,68)105(71,72)104(69,70)102(65,66)100(61,62)98(57,58)96(53,54)94(49,50)92(45,46)90(41,42)88(37,38)86(33,34)84(29,30)82(25,26)80(21,22)78(17,18)76(13,14)74(6,9)10/h5-72H,1-4H2. The van der Waals surface area contributed by atoms with Crippen molar-refractivity contribution >= 4 is 0 Å². The van der Waals surface area contributed by atoms with Gasteiger partial charge < -0.3 is 0 Å². The fraction of sp³-hybridized carbons (Fsp3) is 1.00. The zero-order chi connectivity index (χ0) is 58.6. The first-order valence-corrected chi connectivity index (χ1v) is 52.2. The summed E-state index contributed by atoms with van der Waals surface area (Å²) >= 11 is 0. The van der Waals surface area contributed by atoms with Crippen molar-refractivity contribution in [1.29, 1.82) is 0 Å². The molecule has 496 valence electrons. The molecule has 0 bridgehead atoms. The van der Waals surface area contributed by atoms with Gasteiger partial charge in [0.2, 0.25) is 0 Å². The summed E-state index contributed by atoms with van der Waals surface area (Å²) in [5, 5.41) is 0. The summed E-state index contributed by atoms with van der Waals surface area (Å²) < 4.78 is 0. The smallest absolute Gasteiger partial charge is 0.00932 e. The van der Waals surface area contributed by atoms with Gasteiger partial charge in [-0.25, -0.2) is 0 Å². The van der Waals surface area contributed by atoms with Crippen LogP contribution >= 0.6 is 0 Å². The van der Waals surface area contributed by atoms with Gasteiger partial charge in [-0.05, 0) is 607 Å². The van der Waals surface area contributed by atoms with E-state index in [9.17, 15) is 0 Å². The summed E-state index contributed by atoms with van der Waals surface area (Å²) in [5.74, 6) is 94.8. The quantitative estimate of drug-likeness (QED) is 0.227. The van der Waals surface area contributed by atoms with E-state index in [1.54, 1.807) is 25.7 Å². The molecule has 68 rings (SSSR count). The molecule has 0 heteroatoms. The Morgan fingerprint density at radius 1 is 0.0857 bits per heavy atom. The van der Waals surface area contributed by atoms with Gasteiger partial charge in [0.05, 0.1) is 0 Å². The van der Waals surface area contributed by atoms with Crippen LogP contribution in [0.4, 0.5) is 0 Å². The highest BCUT2D eigenvalue weighted by Crippen LogP contribution is 3.49. The molecule has 33 spiro atoms. The maximum absolute atomic E-state index is 1.78. The Kier molecular flexibility index (Phi) is 2.45. The maximum Gasteiger partial charge on any atom is -0.00932 e. The summed E-state index contributed by atoms with van der Waals surface area (Å²) in [4.78, 5) is 0. The highest BCUT2D eigenvalue weighted by atomic mass is 15.5. The van der Waals surface area contributed by atoms with Crippen LogP contribution in [0.15, 0.2) is 0 Å². The lowest BCUT2D eigenvalue weighted by atomic mass is 8.61. The van der Waals surface area contributed by atoms with E-state index in [-0.39, 0.29) is 0 Å². The normalized spacial score (nSPS) is 131. The van der Waals surface area contributed by atoms with Crippen LogP contribution in [0.2, 0.25) is 0 Å². The lowest BCUT2D eigenvalue weighted by Crippen LogP contribution is -3.40. The molecule has 64 atom stereocenters. The molecule has 68 aliphatic carbocycles. The van der Waals surface area contributed by atoms with E-state index in [1.165, 1.54) is 402 Å². The molecule has 0 aromatic heterocycles. The van der Waals surface area contributed by atoms with Gasteiger partial charge in [-0.1, -0.05) is 0 Å². The van der Waals surface area contributed by atoms with Gasteiger partial charge in [-0.3, -0.25) is 0 Å². The van der Waals surface area contributed by atoms with E-state index in [4.69, 9.17) is 0 Å². The van der Waals surface area contributed by atoms with Gasteiger partial charge in [0.15, 0.2) is 0 Å². The predicted molar refractivity (Wildman–Crippen MR) is 336 cm³/mol. The fourth-order valence-electron chi connectivity index (χ4n) is 103. The molecule has 0 heterocycles. The SMILES string of the molecule is C1C2CC3C4C5C6C7C8C9C%10C%11C%12C%13C%14C%15C%16C%17C%18C%19C%20C%21C%22C%23C%24C%25C%26C%27C%28C%29C%30C%31C%32C%33C%34C%35CC%36CC%37C%38C%39C%40C%41C%42C%43C%44C%45C%46C%47C%48C%49C%50C%51C%52C%53C%54C%55C%56C%57C%58C%59C%60C%61C%62C%63C%64C%65C%66C%67C%68C1C23C%684C%675C%666C%657C%648C%639C%62%10C%61%11C%60%12C%59%13C%58%14C%57%15C%56%16C%55%17C%54%18C%53%19C%52%20C%51%21C%50%22C%49%23C%48%24C%47%25C%46%26C%45%27C%44%28C%43%29C%42%30C%41%31C%40%32C%39%33C%38%34C%36%37%35. The molecule has 0 amide bonds. The highest BCUT2D eigenvalue weighted by molar-refractivity contribution is 5.93. The number of hydrogen-bond donors (Lipinski definition) is 0. The van der Waals surface area contributed by atoms with Crippen LogP contribution in [0.1, 0.15) is 25.7 Å². The molecule has 68 fully saturated rings. The highest BCUT2D eigenvalue weighted by Gasteiger charge is 3.48. The van der Waals surface area contributed by atoms with Crippen LogP contribution in [-0.4, -0.2) is 0 Å². The molecule has 64 unspecified atom stereocenters. The van der Waals surface area contributed by atoms with E-state index >= 15 is 0 Å². The van der Waals surface area contributed by atoms with Crippen LogP contribution in [0.25, 0.3) is 0 Å². The monoisotopic (exact) mass is 1340 g/mol. The summed E-state index contributed by atoms with van der Waals surface area (Å²) in [7, 11) is 0. The largest absolute Gasteiger partial charge is 0.0461 e. The average Bonchev–Trinajstić information content (AvgIpc) is 0.477. The van der Waals surface area contributed by atoms with E-state index in [0.717, 1.165) is 179 Å². The molecule has 0 aromatic carbocycles. The minimum atomic E-state index is 1.07. The molecule has 0 N–H and O–H groups in total. The molecule has 68 aliphatic rings. The third-order valence-corrected chi connectivity index (χ3v) is 85.5. The Bertz CT molecular complexity index is 6300. The number of hydrogen-bond acceptors (Lipinski definition) is 0. The third-order valence-electron chi connectivity index (χ3n) is 85.5. The first-order valence-electron chi connectivity index (χ1n) is 52.2. The lowest BCUT2D eigenvalue weighted by Gasteiger charge is -3.42. The first-order chi connectivity index (χ1) is 52.2. The zero-order valence-corrected chi connectivity index (χ0v) is 58.6. The zero-order valence-electron chi connectivity index (χ0n) is 58.6. The van der Waals surface area contributed by atoms with Crippen LogP contribution in [0.3, 0.4) is 0 Å². The average molecular weight is 1340 g/mol. The second kappa shape index (κ2) is 6.69. The molecule has 0 aliphatic heterocycles. The Morgan fingerprint density at radius 2 is 0.162 bits per heavy atom. The molecule has 68 saturated carbocycles. The molecule has 0 nitrogen and oxygen atoms in total. The van der Waals surface area contributed by atoms with Crippen LogP contribution in [-0.2, 0) is 0 Å². The fourth-order valence-corrected chi connectivity index (χ4v) is 103. The topological polar surface area (TPSA) is 0 Å².